The second kappa shape index (κ2) is 8.50. The average molecular weight is 443 g/mol. The van der Waals surface area contributed by atoms with E-state index in [-0.39, 0.29) is 11.8 Å². The molecule has 0 saturated heterocycles. The van der Waals surface area contributed by atoms with Crippen molar-refractivity contribution in [2.45, 2.75) is 26.4 Å². The van der Waals surface area contributed by atoms with E-state index in [4.69, 9.17) is 23.2 Å². The summed E-state index contributed by atoms with van der Waals surface area (Å²) >= 11 is 12.0. The van der Waals surface area contributed by atoms with Gasteiger partial charge in [0.2, 0.25) is 5.91 Å². The van der Waals surface area contributed by atoms with E-state index in [1.54, 1.807) is 42.2 Å². The van der Waals surface area contributed by atoms with E-state index in [2.05, 4.69) is 10.4 Å². The first-order valence-electron chi connectivity index (χ1n) is 9.54. The molecule has 0 aliphatic carbocycles. The molecule has 2 heterocycles. The van der Waals surface area contributed by atoms with E-state index in [0.717, 1.165) is 23.1 Å². The molecule has 0 atom stereocenters. The van der Waals surface area contributed by atoms with Crippen LogP contribution in [0.4, 0.5) is 5.69 Å². The molecule has 1 aliphatic heterocycles. The molecular formula is C22H20Cl2N4O2. The Morgan fingerprint density at radius 3 is 2.70 bits per heavy atom. The second-order valence-electron chi connectivity index (χ2n) is 7.30. The summed E-state index contributed by atoms with van der Waals surface area (Å²) < 4.78 is 1.72. The van der Waals surface area contributed by atoms with Crippen molar-refractivity contribution in [1.82, 2.24) is 14.7 Å². The Morgan fingerprint density at radius 2 is 1.93 bits per heavy atom. The monoisotopic (exact) mass is 442 g/mol. The summed E-state index contributed by atoms with van der Waals surface area (Å²) in [6.07, 6.45) is 4.12. The van der Waals surface area contributed by atoms with Crippen LogP contribution in [0.1, 0.15) is 34.0 Å². The van der Waals surface area contributed by atoms with Gasteiger partial charge in [-0.25, -0.2) is 0 Å². The van der Waals surface area contributed by atoms with Gasteiger partial charge in [0.1, 0.15) is 0 Å². The third-order valence-electron chi connectivity index (χ3n) is 5.15. The van der Waals surface area contributed by atoms with Gasteiger partial charge in [0.25, 0.3) is 5.91 Å². The highest BCUT2D eigenvalue weighted by Gasteiger charge is 2.19. The molecule has 0 saturated carbocycles. The van der Waals surface area contributed by atoms with Gasteiger partial charge in [-0.05, 0) is 47.4 Å². The Balaban J connectivity index is 1.42. The minimum atomic E-state index is -0.194. The first-order chi connectivity index (χ1) is 14.4. The average Bonchev–Trinajstić information content (AvgIpc) is 3.16. The van der Waals surface area contributed by atoms with Gasteiger partial charge in [-0.15, -0.1) is 0 Å². The zero-order chi connectivity index (χ0) is 21.3. The molecule has 0 spiro atoms. The van der Waals surface area contributed by atoms with E-state index < -0.39 is 0 Å². The number of anilines is 1. The van der Waals surface area contributed by atoms with Crippen LogP contribution in [0.2, 0.25) is 10.0 Å². The number of nitrogens with one attached hydrogen (secondary N) is 1. The van der Waals surface area contributed by atoms with E-state index in [0.29, 0.717) is 40.9 Å². The van der Waals surface area contributed by atoms with Crippen molar-refractivity contribution in [3.8, 4) is 0 Å². The van der Waals surface area contributed by atoms with Gasteiger partial charge in [0.05, 0.1) is 28.5 Å². The number of nitrogens with zero attached hydrogens (tertiary/aromatic N) is 3. The van der Waals surface area contributed by atoms with Gasteiger partial charge in [-0.1, -0.05) is 35.3 Å². The third-order valence-corrected chi connectivity index (χ3v) is 5.88. The minimum absolute atomic E-state index is 0.0698. The quantitative estimate of drug-likeness (QED) is 0.650. The molecule has 8 heteroatoms. The Kier molecular flexibility index (Phi) is 5.79. The fraction of sp³-hybridized carbons (Fsp3) is 0.227. The van der Waals surface area contributed by atoms with Crippen molar-refractivity contribution in [1.29, 1.82) is 0 Å². The minimum Gasteiger partial charge on any atom is -0.338 e. The van der Waals surface area contributed by atoms with Crippen LogP contribution in [0.3, 0.4) is 0 Å². The van der Waals surface area contributed by atoms with Gasteiger partial charge in [-0.3, -0.25) is 14.3 Å². The van der Waals surface area contributed by atoms with Gasteiger partial charge in [0, 0.05) is 31.8 Å². The highest BCUT2D eigenvalue weighted by atomic mass is 35.5. The molecule has 30 heavy (non-hydrogen) atoms. The number of hydrogen-bond donors (Lipinski definition) is 1. The maximum absolute atomic E-state index is 12.7. The maximum Gasteiger partial charge on any atom is 0.255 e. The molecule has 3 aromatic rings. The summed E-state index contributed by atoms with van der Waals surface area (Å²) in [5, 5.41) is 8.18. The molecule has 4 rings (SSSR count). The largest absolute Gasteiger partial charge is 0.338 e. The predicted molar refractivity (Wildman–Crippen MR) is 117 cm³/mol. The lowest BCUT2D eigenvalue weighted by atomic mass is 9.97. The highest BCUT2D eigenvalue weighted by molar-refractivity contribution is 6.42. The van der Waals surface area contributed by atoms with Crippen molar-refractivity contribution < 1.29 is 9.59 Å². The maximum atomic E-state index is 12.7. The number of carbonyl (C=O) groups is 2. The van der Waals surface area contributed by atoms with E-state index >= 15 is 0 Å². The molecule has 0 bridgehead atoms. The van der Waals surface area contributed by atoms with Crippen LogP contribution in [0, 0.1) is 0 Å². The Hall–Kier alpha value is -2.83. The first kappa shape index (κ1) is 20.4. The molecule has 154 valence electrons. The van der Waals surface area contributed by atoms with Gasteiger partial charge < -0.3 is 10.2 Å². The van der Waals surface area contributed by atoms with Crippen molar-refractivity contribution in [3.05, 3.63) is 81.1 Å². The van der Waals surface area contributed by atoms with Gasteiger partial charge in [-0.2, -0.15) is 5.10 Å². The van der Waals surface area contributed by atoms with Gasteiger partial charge >= 0.3 is 0 Å². The number of amides is 2. The van der Waals surface area contributed by atoms with Crippen LogP contribution in [0.15, 0.2) is 48.8 Å². The normalized spacial score (nSPS) is 13.1. The zero-order valence-corrected chi connectivity index (χ0v) is 17.9. The van der Waals surface area contributed by atoms with Crippen LogP contribution in [-0.4, -0.2) is 33.0 Å². The number of aromatic nitrogens is 2. The molecule has 2 aromatic carbocycles. The number of carbonyl (C=O) groups excluding carboxylic acids is 2. The number of hydrogen-bond acceptors (Lipinski definition) is 3. The van der Waals surface area contributed by atoms with Gasteiger partial charge in [0.15, 0.2) is 0 Å². The fourth-order valence-electron chi connectivity index (χ4n) is 3.51. The summed E-state index contributed by atoms with van der Waals surface area (Å²) in [5.74, 6) is -0.124. The standard InChI is InChI=1S/C22H20Cl2N4O2/c1-14(29)27-7-6-16-9-17(3-4-18(16)12-27)22(30)26-19-10-25-28(13-19)11-15-2-5-20(23)21(24)8-15/h2-5,8-10,13H,6-7,11-12H2,1H3,(H,26,30). The SMILES string of the molecule is CC(=O)N1CCc2cc(C(=O)Nc3cnn(Cc4ccc(Cl)c(Cl)c4)c3)ccc2C1. The smallest absolute Gasteiger partial charge is 0.255 e. The van der Waals surface area contributed by atoms with Crippen LogP contribution in [-0.2, 0) is 24.3 Å². The van der Waals surface area contributed by atoms with Crippen LogP contribution in [0.5, 0.6) is 0 Å². The lowest BCUT2D eigenvalue weighted by molar-refractivity contribution is -0.129. The fourth-order valence-corrected chi connectivity index (χ4v) is 3.83. The van der Waals surface area contributed by atoms with Crippen molar-refractivity contribution >= 4 is 40.7 Å². The number of rotatable bonds is 4. The topological polar surface area (TPSA) is 67.2 Å². The Labute approximate surface area is 184 Å². The highest BCUT2D eigenvalue weighted by Crippen LogP contribution is 2.24. The molecule has 0 radical (unpaired) electrons. The van der Waals surface area contributed by atoms with E-state index in [1.807, 2.05) is 23.1 Å². The predicted octanol–water partition coefficient (Wildman–Crippen LogP) is 4.40. The van der Waals surface area contributed by atoms with Crippen molar-refractivity contribution in [2.75, 3.05) is 11.9 Å². The molecule has 1 N–H and O–H groups in total. The summed E-state index contributed by atoms with van der Waals surface area (Å²) in [6.45, 7) is 3.36. The van der Waals surface area contributed by atoms with Crippen LogP contribution >= 0.6 is 23.2 Å². The number of benzene rings is 2. The third kappa shape index (κ3) is 4.50. The zero-order valence-electron chi connectivity index (χ0n) is 16.4. The Bertz CT molecular complexity index is 1130. The lowest BCUT2D eigenvalue weighted by Crippen LogP contribution is -2.34. The number of halogens is 2. The lowest BCUT2D eigenvalue weighted by Gasteiger charge is -2.28. The summed E-state index contributed by atoms with van der Waals surface area (Å²) in [5.41, 5.74) is 4.35. The summed E-state index contributed by atoms with van der Waals surface area (Å²) in [4.78, 5) is 26.1. The molecular weight excluding hydrogens is 423 g/mol. The molecule has 0 fully saturated rings. The van der Waals surface area contributed by atoms with Crippen molar-refractivity contribution in [3.63, 3.8) is 0 Å². The summed E-state index contributed by atoms with van der Waals surface area (Å²) in [7, 11) is 0. The molecule has 2 amide bonds. The van der Waals surface area contributed by atoms with Crippen LogP contribution in [0.25, 0.3) is 0 Å². The molecule has 1 aliphatic rings. The summed E-state index contributed by atoms with van der Waals surface area (Å²) in [6, 6.07) is 11.0. The van der Waals surface area contributed by atoms with Crippen LogP contribution < -0.4 is 5.32 Å². The van der Waals surface area contributed by atoms with Crippen molar-refractivity contribution in [2.24, 2.45) is 0 Å². The molecule has 1 aromatic heterocycles. The van der Waals surface area contributed by atoms with E-state index in [9.17, 15) is 9.59 Å². The second-order valence-corrected chi connectivity index (χ2v) is 8.12. The number of fused-ring (bicyclic) bond motifs is 1. The Morgan fingerprint density at radius 1 is 1.10 bits per heavy atom. The first-order valence-corrected chi connectivity index (χ1v) is 10.3. The molecule has 6 nitrogen and oxygen atoms in total. The molecule has 0 unspecified atom stereocenters. The van der Waals surface area contributed by atoms with E-state index in [1.165, 1.54) is 0 Å².